The number of benzene rings is 1. The van der Waals surface area contributed by atoms with Crippen molar-refractivity contribution in [2.45, 2.75) is 40.2 Å². The second kappa shape index (κ2) is 7.09. The minimum absolute atomic E-state index is 0.0949. The highest BCUT2D eigenvalue weighted by atomic mass is 16.5. The van der Waals surface area contributed by atoms with Crippen LogP contribution in [0.1, 0.15) is 34.5 Å². The van der Waals surface area contributed by atoms with Crippen LogP contribution in [0.15, 0.2) is 23.1 Å². The van der Waals surface area contributed by atoms with Gasteiger partial charge in [0.15, 0.2) is 0 Å². The number of carboxylic acid groups (broad SMARTS) is 1. The predicted molar refractivity (Wildman–Crippen MR) is 85.8 cm³/mol. The fraction of sp³-hybridized carbons (Fsp3) is 0.353. The Kier molecular flexibility index (Phi) is 5.16. The summed E-state index contributed by atoms with van der Waals surface area (Å²) in [6, 6.07) is 4.07. The molecule has 1 aromatic heterocycles. The van der Waals surface area contributed by atoms with Crippen LogP contribution in [0.5, 0.6) is 5.75 Å². The van der Waals surface area contributed by atoms with Gasteiger partial charge < -0.3 is 14.8 Å². The van der Waals surface area contributed by atoms with Crippen LogP contribution in [-0.4, -0.2) is 21.0 Å². The molecule has 0 bridgehead atoms. The first-order valence-corrected chi connectivity index (χ1v) is 7.36. The summed E-state index contributed by atoms with van der Waals surface area (Å²) >= 11 is 0. The second-order valence-electron chi connectivity index (χ2n) is 5.59. The Balaban J connectivity index is 2.09. The van der Waals surface area contributed by atoms with Crippen LogP contribution in [0.2, 0.25) is 0 Å². The van der Waals surface area contributed by atoms with Crippen LogP contribution in [0.4, 0.5) is 0 Å². The van der Waals surface area contributed by atoms with Gasteiger partial charge in [-0.15, -0.1) is 0 Å². The number of carboxylic acids is 1. The number of aromatic nitrogens is 2. The molecule has 0 spiro atoms. The molecule has 1 heterocycles. The Morgan fingerprint density at radius 3 is 2.48 bits per heavy atom. The van der Waals surface area contributed by atoms with E-state index in [4.69, 9.17) is 9.84 Å². The van der Waals surface area contributed by atoms with E-state index in [-0.39, 0.29) is 25.0 Å². The number of ether oxygens (including phenoxy) is 1. The number of nitrogens with one attached hydrogen (secondary N) is 1. The van der Waals surface area contributed by atoms with Gasteiger partial charge in [0.05, 0.1) is 0 Å². The molecular weight excluding hydrogens is 296 g/mol. The van der Waals surface area contributed by atoms with E-state index >= 15 is 0 Å². The lowest BCUT2D eigenvalue weighted by molar-refractivity contribution is -0.136. The van der Waals surface area contributed by atoms with Gasteiger partial charge in [-0.25, -0.2) is 4.98 Å². The standard InChI is InChI=1S/C17H20N2O4/c1-10-6-11(2)16(12(3)7-10)23-9-14-18-8-13(17(22)19-14)4-5-15(20)21/h6-8H,4-5,9H2,1-3H3,(H,20,21)(H,18,19,22). The van der Waals surface area contributed by atoms with Crippen LogP contribution in [-0.2, 0) is 17.8 Å². The van der Waals surface area contributed by atoms with Gasteiger partial charge in [-0.05, 0) is 38.3 Å². The Morgan fingerprint density at radius 1 is 1.26 bits per heavy atom. The molecule has 1 aromatic carbocycles. The Morgan fingerprint density at radius 2 is 1.91 bits per heavy atom. The summed E-state index contributed by atoms with van der Waals surface area (Å²) in [5.74, 6) is 0.254. The van der Waals surface area contributed by atoms with Crippen LogP contribution >= 0.6 is 0 Å². The predicted octanol–water partition coefficient (Wildman–Crippen LogP) is 2.29. The van der Waals surface area contributed by atoms with E-state index in [1.165, 1.54) is 11.8 Å². The van der Waals surface area contributed by atoms with Crippen LogP contribution in [0.25, 0.3) is 0 Å². The first-order chi connectivity index (χ1) is 10.9. The molecule has 6 nitrogen and oxygen atoms in total. The average Bonchev–Trinajstić information content (AvgIpc) is 2.45. The number of carbonyl (C=O) groups is 1. The molecule has 122 valence electrons. The zero-order valence-corrected chi connectivity index (χ0v) is 13.5. The monoisotopic (exact) mass is 316 g/mol. The minimum atomic E-state index is -0.942. The highest BCUT2D eigenvalue weighted by Crippen LogP contribution is 2.25. The third kappa shape index (κ3) is 4.42. The Labute approximate surface area is 134 Å². The van der Waals surface area contributed by atoms with E-state index in [0.29, 0.717) is 11.4 Å². The van der Waals surface area contributed by atoms with Crippen molar-refractivity contribution in [3.63, 3.8) is 0 Å². The van der Waals surface area contributed by atoms with Gasteiger partial charge in [-0.2, -0.15) is 0 Å². The van der Waals surface area contributed by atoms with Crippen LogP contribution in [0.3, 0.4) is 0 Å². The van der Waals surface area contributed by atoms with Crippen molar-refractivity contribution in [1.82, 2.24) is 9.97 Å². The maximum Gasteiger partial charge on any atom is 0.303 e. The molecule has 0 radical (unpaired) electrons. The second-order valence-corrected chi connectivity index (χ2v) is 5.59. The van der Waals surface area contributed by atoms with Crippen molar-refractivity contribution in [3.05, 3.63) is 56.8 Å². The molecule has 0 fully saturated rings. The van der Waals surface area contributed by atoms with Gasteiger partial charge in [0.1, 0.15) is 18.2 Å². The molecule has 0 saturated carbocycles. The summed E-state index contributed by atoms with van der Waals surface area (Å²) in [5.41, 5.74) is 3.27. The van der Waals surface area contributed by atoms with E-state index in [2.05, 4.69) is 9.97 Å². The highest BCUT2D eigenvalue weighted by molar-refractivity contribution is 5.67. The van der Waals surface area contributed by atoms with E-state index in [0.717, 1.165) is 16.9 Å². The molecule has 0 aliphatic carbocycles. The lowest BCUT2D eigenvalue weighted by Gasteiger charge is -2.12. The van der Waals surface area contributed by atoms with Crippen molar-refractivity contribution in [2.24, 2.45) is 0 Å². The summed E-state index contributed by atoms with van der Waals surface area (Å²) in [6.45, 7) is 6.12. The van der Waals surface area contributed by atoms with E-state index in [9.17, 15) is 9.59 Å². The lowest BCUT2D eigenvalue weighted by atomic mass is 10.1. The largest absolute Gasteiger partial charge is 0.485 e. The molecule has 0 aliphatic heterocycles. The molecule has 0 unspecified atom stereocenters. The minimum Gasteiger partial charge on any atom is -0.485 e. The first-order valence-electron chi connectivity index (χ1n) is 7.36. The number of rotatable bonds is 6. The van der Waals surface area contributed by atoms with Gasteiger partial charge in [0.25, 0.3) is 5.56 Å². The topological polar surface area (TPSA) is 92.3 Å². The zero-order valence-electron chi connectivity index (χ0n) is 13.5. The fourth-order valence-corrected chi connectivity index (χ4v) is 2.49. The molecule has 2 N–H and O–H groups in total. The summed E-state index contributed by atoms with van der Waals surface area (Å²) in [6.07, 6.45) is 1.48. The molecule has 0 aliphatic rings. The van der Waals surface area contributed by atoms with E-state index in [1.54, 1.807) is 0 Å². The maximum atomic E-state index is 11.9. The maximum absolute atomic E-state index is 11.9. The molecule has 0 amide bonds. The third-order valence-corrected chi connectivity index (χ3v) is 3.49. The smallest absolute Gasteiger partial charge is 0.303 e. The normalized spacial score (nSPS) is 10.6. The lowest BCUT2D eigenvalue weighted by Crippen LogP contribution is -2.18. The number of aryl methyl sites for hydroxylation is 4. The Hall–Kier alpha value is -2.63. The summed E-state index contributed by atoms with van der Waals surface area (Å²) in [7, 11) is 0. The number of H-pyrrole nitrogens is 1. The quantitative estimate of drug-likeness (QED) is 0.853. The molecular formula is C17H20N2O4. The van der Waals surface area contributed by atoms with Crippen molar-refractivity contribution >= 4 is 5.97 Å². The number of hydrogen-bond donors (Lipinski definition) is 2. The van der Waals surface area contributed by atoms with Crippen molar-refractivity contribution < 1.29 is 14.6 Å². The van der Waals surface area contributed by atoms with Crippen molar-refractivity contribution in [2.75, 3.05) is 0 Å². The SMILES string of the molecule is Cc1cc(C)c(OCc2ncc(CCC(=O)O)c(=O)[nH]2)c(C)c1. The average molecular weight is 316 g/mol. The number of aliphatic carboxylic acids is 1. The number of aromatic amines is 1. The van der Waals surface area contributed by atoms with Gasteiger partial charge in [-0.3, -0.25) is 9.59 Å². The van der Waals surface area contributed by atoms with Gasteiger partial charge in [-0.1, -0.05) is 17.7 Å². The summed E-state index contributed by atoms with van der Waals surface area (Å²) < 4.78 is 5.77. The molecule has 0 atom stereocenters. The number of hydrogen-bond acceptors (Lipinski definition) is 4. The van der Waals surface area contributed by atoms with Crippen LogP contribution < -0.4 is 10.3 Å². The first kappa shape index (κ1) is 16.7. The van der Waals surface area contributed by atoms with Crippen LogP contribution in [0, 0.1) is 20.8 Å². The summed E-state index contributed by atoms with van der Waals surface area (Å²) in [5, 5.41) is 8.65. The molecule has 23 heavy (non-hydrogen) atoms. The van der Waals surface area contributed by atoms with E-state index < -0.39 is 5.97 Å². The molecule has 2 rings (SSSR count). The van der Waals surface area contributed by atoms with Gasteiger partial charge >= 0.3 is 5.97 Å². The van der Waals surface area contributed by atoms with E-state index in [1.807, 2.05) is 32.9 Å². The van der Waals surface area contributed by atoms with Gasteiger partial charge in [0.2, 0.25) is 0 Å². The number of nitrogens with zero attached hydrogens (tertiary/aromatic N) is 1. The highest BCUT2D eigenvalue weighted by Gasteiger charge is 2.08. The fourth-order valence-electron chi connectivity index (χ4n) is 2.49. The summed E-state index contributed by atoms with van der Waals surface area (Å²) in [4.78, 5) is 29.2. The molecule has 2 aromatic rings. The zero-order chi connectivity index (χ0) is 17.0. The molecule has 0 saturated heterocycles. The van der Waals surface area contributed by atoms with Gasteiger partial charge in [0, 0.05) is 18.2 Å². The third-order valence-electron chi connectivity index (χ3n) is 3.49. The molecule has 6 heteroatoms. The van der Waals surface area contributed by atoms with Crippen molar-refractivity contribution in [3.8, 4) is 5.75 Å². The Bertz CT molecular complexity index is 757. The van der Waals surface area contributed by atoms with Crippen molar-refractivity contribution in [1.29, 1.82) is 0 Å².